The molecule has 0 saturated heterocycles. The number of nitrogens with one attached hydrogen (secondary N) is 1. The van der Waals surface area contributed by atoms with Gasteiger partial charge in [-0.3, -0.25) is 9.48 Å². The van der Waals surface area contributed by atoms with Crippen molar-refractivity contribution in [2.45, 2.75) is 20.4 Å². The molecule has 0 bridgehead atoms. The van der Waals surface area contributed by atoms with Gasteiger partial charge < -0.3 is 9.73 Å². The van der Waals surface area contributed by atoms with E-state index in [1.54, 1.807) is 42.6 Å². The molecular formula is C22H19FN4O2. The third-order valence-corrected chi connectivity index (χ3v) is 4.47. The molecule has 2 aromatic carbocycles. The Kier molecular flexibility index (Phi) is 4.95. The molecule has 29 heavy (non-hydrogen) atoms. The predicted molar refractivity (Wildman–Crippen MR) is 107 cm³/mol. The third kappa shape index (κ3) is 4.08. The zero-order valence-electron chi connectivity index (χ0n) is 16.0. The van der Waals surface area contributed by atoms with Crippen molar-refractivity contribution in [3.8, 4) is 11.5 Å². The maximum atomic E-state index is 13.7. The van der Waals surface area contributed by atoms with Crippen LogP contribution in [0, 0.1) is 19.7 Å². The van der Waals surface area contributed by atoms with Crippen LogP contribution in [0.1, 0.15) is 27.4 Å². The predicted octanol–water partition coefficient (Wildman–Crippen LogP) is 4.59. The summed E-state index contributed by atoms with van der Waals surface area (Å²) in [6.07, 6.45) is 3.74. The van der Waals surface area contributed by atoms with E-state index in [2.05, 4.69) is 15.4 Å². The molecule has 0 aliphatic heterocycles. The van der Waals surface area contributed by atoms with Gasteiger partial charge in [0.2, 0.25) is 5.89 Å². The van der Waals surface area contributed by atoms with Crippen LogP contribution in [0.15, 0.2) is 65.3 Å². The lowest BCUT2D eigenvalue weighted by Crippen LogP contribution is -2.13. The van der Waals surface area contributed by atoms with Crippen LogP contribution in [-0.2, 0) is 6.54 Å². The molecule has 0 aliphatic carbocycles. The molecule has 4 aromatic rings. The highest BCUT2D eigenvalue weighted by Gasteiger charge is 2.14. The zero-order chi connectivity index (χ0) is 20.4. The van der Waals surface area contributed by atoms with E-state index in [1.165, 1.54) is 12.1 Å². The number of oxazole rings is 1. The summed E-state index contributed by atoms with van der Waals surface area (Å²) in [6.45, 7) is 4.38. The van der Waals surface area contributed by atoms with Crippen molar-refractivity contribution < 1.29 is 13.6 Å². The highest BCUT2D eigenvalue weighted by atomic mass is 19.1. The van der Waals surface area contributed by atoms with E-state index in [-0.39, 0.29) is 5.56 Å². The van der Waals surface area contributed by atoms with Crippen molar-refractivity contribution in [1.29, 1.82) is 0 Å². The molecule has 7 heteroatoms. The van der Waals surface area contributed by atoms with E-state index < -0.39 is 11.7 Å². The van der Waals surface area contributed by atoms with Crippen molar-refractivity contribution in [3.63, 3.8) is 0 Å². The Morgan fingerprint density at radius 2 is 1.90 bits per heavy atom. The van der Waals surface area contributed by atoms with Crippen molar-refractivity contribution in [3.05, 3.63) is 89.3 Å². The standard InChI is InChI=1S/C22H19FN4O2/c1-14-11-24-27(12-14)13-20-15(2)29-22(26-20)16-7-9-17(10-8-16)25-21(28)18-5-3-4-6-19(18)23/h3-12H,13H2,1-2H3,(H,25,28). The summed E-state index contributed by atoms with van der Waals surface area (Å²) in [7, 11) is 0. The lowest BCUT2D eigenvalue weighted by Gasteiger charge is -2.06. The topological polar surface area (TPSA) is 73.0 Å². The highest BCUT2D eigenvalue weighted by Crippen LogP contribution is 2.24. The minimum atomic E-state index is -0.559. The van der Waals surface area contributed by atoms with Crippen LogP contribution >= 0.6 is 0 Å². The van der Waals surface area contributed by atoms with Crippen molar-refractivity contribution in [2.75, 3.05) is 5.32 Å². The van der Waals surface area contributed by atoms with Gasteiger partial charge in [0, 0.05) is 17.4 Å². The second kappa shape index (κ2) is 7.71. The Balaban J connectivity index is 1.49. The number of hydrogen-bond acceptors (Lipinski definition) is 4. The number of carbonyl (C=O) groups is 1. The van der Waals surface area contributed by atoms with E-state index in [0.717, 1.165) is 22.6 Å². The zero-order valence-corrected chi connectivity index (χ0v) is 16.0. The second-order valence-corrected chi connectivity index (χ2v) is 6.75. The molecule has 0 radical (unpaired) electrons. The first kappa shape index (κ1) is 18.6. The number of nitrogens with zero attached hydrogens (tertiary/aromatic N) is 3. The Hall–Kier alpha value is -3.74. The summed E-state index contributed by atoms with van der Waals surface area (Å²) >= 11 is 0. The first-order chi connectivity index (χ1) is 14.0. The molecule has 6 nitrogen and oxygen atoms in total. The largest absolute Gasteiger partial charge is 0.441 e. The van der Waals surface area contributed by atoms with Gasteiger partial charge in [0.15, 0.2) is 0 Å². The van der Waals surface area contributed by atoms with Gasteiger partial charge in [-0.2, -0.15) is 5.10 Å². The van der Waals surface area contributed by atoms with E-state index in [9.17, 15) is 9.18 Å². The van der Waals surface area contributed by atoms with Gasteiger partial charge in [-0.1, -0.05) is 12.1 Å². The van der Waals surface area contributed by atoms with E-state index in [4.69, 9.17) is 4.42 Å². The fourth-order valence-electron chi connectivity index (χ4n) is 2.94. The number of amides is 1. The highest BCUT2D eigenvalue weighted by molar-refractivity contribution is 6.04. The number of anilines is 1. The molecule has 2 heterocycles. The summed E-state index contributed by atoms with van der Waals surface area (Å²) in [5.41, 5.74) is 3.22. The maximum Gasteiger partial charge on any atom is 0.258 e. The molecule has 0 atom stereocenters. The lowest BCUT2D eigenvalue weighted by atomic mass is 10.1. The molecule has 0 saturated carbocycles. The van der Waals surface area contributed by atoms with Gasteiger partial charge in [-0.05, 0) is 55.8 Å². The van der Waals surface area contributed by atoms with Gasteiger partial charge in [-0.25, -0.2) is 9.37 Å². The van der Waals surface area contributed by atoms with Crippen LogP contribution in [0.5, 0.6) is 0 Å². The van der Waals surface area contributed by atoms with Crippen molar-refractivity contribution in [1.82, 2.24) is 14.8 Å². The van der Waals surface area contributed by atoms with Crippen LogP contribution < -0.4 is 5.32 Å². The normalized spacial score (nSPS) is 10.9. The number of halogens is 1. The Bertz CT molecular complexity index is 1160. The number of benzene rings is 2. The van der Waals surface area contributed by atoms with Gasteiger partial charge in [0.1, 0.15) is 17.3 Å². The van der Waals surface area contributed by atoms with Gasteiger partial charge in [0.25, 0.3) is 5.91 Å². The molecule has 146 valence electrons. The molecule has 0 spiro atoms. The first-order valence-corrected chi connectivity index (χ1v) is 9.11. The number of aryl methyl sites for hydroxylation is 2. The Labute approximate surface area is 167 Å². The fourth-order valence-corrected chi connectivity index (χ4v) is 2.94. The fraction of sp³-hybridized carbons (Fsp3) is 0.136. The van der Waals surface area contributed by atoms with Gasteiger partial charge >= 0.3 is 0 Å². The summed E-state index contributed by atoms with van der Waals surface area (Å²) in [5.74, 6) is 0.162. The molecule has 0 aliphatic rings. The van der Waals surface area contributed by atoms with E-state index in [1.807, 2.05) is 24.7 Å². The molecular weight excluding hydrogens is 371 g/mol. The molecule has 1 N–H and O–H groups in total. The maximum absolute atomic E-state index is 13.7. The summed E-state index contributed by atoms with van der Waals surface area (Å²) < 4.78 is 21.3. The first-order valence-electron chi connectivity index (χ1n) is 9.11. The molecule has 2 aromatic heterocycles. The summed E-state index contributed by atoms with van der Waals surface area (Å²) in [6, 6.07) is 12.9. The summed E-state index contributed by atoms with van der Waals surface area (Å²) in [4.78, 5) is 16.8. The average Bonchev–Trinajstić information content (AvgIpc) is 3.28. The van der Waals surface area contributed by atoms with Crippen molar-refractivity contribution >= 4 is 11.6 Å². The molecule has 4 rings (SSSR count). The number of aromatic nitrogens is 3. The average molecular weight is 390 g/mol. The van der Waals surface area contributed by atoms with Crippen molar-refractivity contribution in [2.24, 2.45) is 0 Å². The SMILES string of the molecule is Cc1cnn(Cc2nc(-c3ccc(NC(=O)c4ccccc4F)cc3)oc2C)c1. The molecule has 1 amide bonds. The minimum absolute atomic E-state index is 0.00148. The van der Waals surface area contributed by atoms with Gasteiger partial charge in [0.05, 0.1) is 18.3 Å². The monoisotopic (exact) mass is 390 g/mol. The number of rotatable bonds is 5. The van der Waals surface area contributed by atoms with Crippen LogP contribution in [0.4, 0.5) is 10.1 Å². The third-order valence-electron chi connectivity index (χ3n) is 4.47. The van der Waals surface area contributed by atoms with Crippen LogP contribution in [0.25, 0.3) is 11.5 Å². The Morgan fingerprint density at radius 1 is 1.14 bits per heavy atom. The van der Waals surface area contributed by atoms with Crippen LogP contribution in [0.3, 0.4) is 0 Å². The smallest absolute Gasteiger partial charge is 0.258 e. The summed E-state index contributed by atoms with van der Waals surface area (Å²) in [5, 5.41) is 6.96. The molecule has 0 unspecified atom stereocenters. The lowest BCUT2D eigenvalue weighted by molar-refractivity contribution is 0.102. The van der Waals surface area contributed by atoms with Crippen LogP contribution in [0.2, 0.25) is 0 Å². The molecule has 0 fully saturated rings. The quantitative estimate of drug-likeness (QED) is 0.541. The van der Waals surface area contributed by atoms with Gasteiger partial charge in [-0.15, -0.1) is 0 Å². The Morgan fingerprint density at radius 3 is 2.59 bits per heavy atom. The van der Waals surface area contributed by atoms with E-state index in [0.29, 0.717) is 18.1 Å². The van der Waals surface area contributed by atoms with E-state index >= 15 is 0 Å². The number of hydrogen-bond donors (Lipinski definition) is 1. The van der Waals surface area contributed by atoms with Crippen LogP contribution in [-0.4, -0.2) is 20.7 Å². The minimum Gasteiger partial charge on any atom is -0.441 e. The second-order valence-electron chi connectivity index (χ2n) is 6.75. The number of carbonyl (C=O) groups excluding carboxylic acids is 1.